The Kier molecular flexibility index (Phi) is 3.02. The van der Waals surface area contributed by atoms with Gasteiger partial charge in [0, 0.05) is 12.6 Å². The first-order chi connectivity index (χ1) is 7.99. The number of rotatable bonds is 5. The molecule has 2 saturated carbocycles. The number of carbonyl (C=O) groups is 2. The zero-order valence-electron chi connectivity index (χ0n) is 10.4. The van der Waals surface area contributed by atoms with E-state index in [0.717, 1.165) is 25.7 Å². The van der Waals surface area contributed by atoms with Gasteiger partial charge in [-0.05, 0) is 45.4 Å². The fraction of sp³-hybridized carbons (Fsp3) is 0.833. The van der Waals surface area contributed by atoms with Crippen molar-refractivity contribution in [1.29, 1.82) is 0 Å². The van der Waals surface area contributed by atoms with Crippen molar-refractivity contribution in [3.63, 3.8) is 0 Å². The lowest BCUT2D eigenvalue weighted by Gasteiger charge is -2.30. The monoisotopic (exact) mass is 240 g/mol. The summed E-state index contributed by atoms with van der Waals surface area (Å²) in [5.74, 6) is -0.845. The van der Waals surface area contributed by atoms with Gasteiger partial charge in [0.1, 0.15) is 5.54 Å². The van der Waals surface area contributed by atoms with Gasteiger partial charge in [0.2, 0.25) is 0 Å². The lowest BCUT2D eigenvalue weighted by molar-refractivity contribution is -0.144. The van der Waals surface area contributed by atoms with Crippen molar-refractivity contribution < 1.29 is 14.7 Å². The normalized spacial score (nSPS) is 22.7. The Labute approximate surface area is 101 Å². The van der Waals surface area contributed by atoms with E-state index in [1.807, 2.05) is 6.92 Å². The van der Waals surface area contributed by atoms with Crippen molar-refractivity contribution in [2.45, 2.75) is 51.1 Å². The largest absolute Gasteiger partial charge is 0.480 e. The van der Waals surface area contributed by atoms with Gasteiger partial charge in [-0.2, -0.15) is 0 Å². The number of amides is 2. The van der Waals surface area contributed by atoms with Crippen molar-refractivity contribution in [3.05, 3.63) is 0 Å². The zero-order chi connectivity index (χ0) is 12.6. The lowest BCUT2D eigenvalue weighted by atomic mass is 9.96. The molecule has 1 unspecified atom stereocenters. The first kappa shape index (κ1) is 12.2. The molecule has 5 heteroatoms. The summed E-state index contributed by atoms with van der Waals surface area (Å²) in [6, 6.07) is 0.0871. The van der Waals surface area contributed by atoms with Crippen molar-refractivity contribution in [3.8, 4) is 0 Å². The number of carbonyl (C=O) groups excluding carboxylic acids is 1. The molecule has 2 aliphatic rings. The van der Waals surface area contributed by atoms with Crippen molar-refractivity contribution >= 4 is 12.0 Å². The second-order valence-corrected chi connectivity index (χ2v) is 5.23. The first-order valence-electron chi connectivity index (χ1n) is 6.31. The minimum absolute atomic E-state index is 0.0851. The van der Waals surface area contributed by atoms with E-state index in [9.17, 15) is 14.7 Å². The smallest absolute Gasteiger partial charge is 0.329 e. The highest BCUT2D eigenvalue weighted by atomic mass is 16.4. The molecule has 0 aliphatic heterocycles. The number of nitrogens with one attached hydrogen (secondary N) is 1. The minimum atomic E-state index is -1.10. The summed E-state index contributed by atoms with van der Waals surface area (Å²) >= 11 is 0. The summed E-state index contributed by atoms with van der Waals surface area (Å²) in [4.78, 5) is 25.1. The van der Waals surface area contributed by atoms with E-state index in [1.54, 1.807) is 11.8 Å². The molecular formula is C12H20N2O3. The molecule has 5 nitrogen and oxygen atoms in total. The molecule has 2 N–H and O–H groups in total. The van der Waals surface area contributed by atoms with E-state index in [1.165, 1.54) is 0 Å². The highest BCUT2D eigenvalue weighted by Gasteiger charge is 2.49. The molecule has 0 aromatic heterocycles. The Morgan fingerprint density at radius 1 is 1.35 bits per heavy atom. The van der Waals surface area contributed by atoms with Crippen LogP contribution in [0.1, 0.15) is 39.5 Å². The summed E-state index contributed by atoms with van der Waals surface area (Å²) in [5.41, 5.74) is -1.10. The molecule has 0 radical (unpaired) electrons. The number of carboxylic acids is 1. The van der Waals surface area contributed by atoms with Crippen LogP contribution in [-0.2, 0) is 4.79 Å². The average molecular weight is 240 g/mol. The van der Waals surface area contributed by atoms with Crippen molar-refractivity contribution in [1.82, 2.24) is 10.2 Å². The van der Waals surface area contributed by atoms with Gasteiger partial charge >= 0.3 is 12.0 Å². The molecule has 17 heavy (non-hydrogen) atoms. The second-order valence-electron chi connectivity index (χ2n) is 5.23. The highest BCUT2D eigenvalue weighted by Crippen LogP contribution is 2.40. The highest BCUT2D eigenvalue weighted by molar-refractivity contribution is 5.86. The summed E-state index contributed by atoms with van der Waals surface area (Å²) in [5, 5.41) is 12.0. The Balaban J connectivity index is 2.02. The number of hydrogen-bond acceptors (Lipinski definition) is 2. The molecule has 0 heterocycles. The molecular weight excluding hydrogens is 220 g/mol. The topological polar surface area (TPSA) is 69.6 Å². The van der Waals surface area contributed by atoms with Crippen LogP contribution in [0.25, 0.3) is 0 Å². The van der Waals surface area contributed by atoms with Crippen LogP contribution in [0, 0.1) is 5.92 Å². The van der Waals surface area contributed by atoms with E-state index < -0.39 is 11.5 Å². The molecule has 0 saturated heterocycles. The summed E-state index contributed by atoms with van der Waals surface area (Å²) in [6.45, 7) is 4.18. The maximum atomic E-state index is 12.1. The molecule has 2 aliphatic carbocycles. The third-order valence-corrected chi connectivity index (χ3v) is 3.79. The zero-order valence-corrected chi connectivity index (χ0v) is 10.4. The Bertz CT molecular complexity index is 337. The summed E-state index contributed by atoms with van der Waals surface area (Å²) in [6.07, 6.45) is 3.85. The van der Waals surface area contributed by atoms with Gasteiger partial charge in [-0.25, -0.2) is 9.59 Å². The Morgan fingerprint density at radius 2 is 1.94 bits per heavy atom. The summed E-state index contributed by atoms with van der Waals surface area (Å²) < 4.78 is 0. The molecule has 0 spiro atoms. The van der Waals surface area contributed by atoms with E-state index in [-0.39, 0.29) is 11.9 Å². The van der Waals surface area contributed by atoms with Gasteiger partial charge in [0.05, 0.1) is 0 Å². The van der Waals surface area contributed by atoms with E-state index >= 15 is 0 Å². The molecule has 96 valence electrons. The molecule has 2 fully saturated rings. The van der Waals surface area contributed by atoms with Gasteiger partial charge in [-0.15, -0.1) is 0 Å². The predicted octanol–water partition coefficient (Wildman–Crippen LogP) is 1.43. The summed E-state index contributed by atoms with van der Waals surface area (Å²) in [7, 11) is 0. The lowest BCUT2D eigenvalue weighted by Crippen LogP contribution is -2.57. The maximum Gasteiger partial charge on any atom is 0.329 e. The van der Waals surface area contributed by atoms with E-state index in [2.05, 4.69) is 5.32 Å². The predicted molar refractivity (Wildman–Crippen MR) is 62.7 cm³/mol. The van der Waals surface area contributed by atoms with Crippen LogP contribution in [0.5, 0.6) is 0 Å². The standard InChI is InChI=1S/C12H20N2O3/c1-3-14(9-6-7-9)11(17)13-12(2,10(15)16)8-4-5-8/h8-9H,3-7H2,1-2H3,(H,13,17)(H,15,16). The Hall–Kier alpha value is -1.26. The van der Waals surface area contributed by atoms with E-state index in [0.29, 0.717) is 12.6 Å². The molecule has 2 rings (SSSR count). The third kappa shape index (κ3) is 2.37. The number of aliphatic carboxylic acids is 1. The number of hydrogen-bond donors (Lipinski definition) is 2. The van der Waals surface area contributed by atoms with Crippen molar-refractivity contribution in [2.24, 2.45) is 5.92 Å². The average Bonchev–Trinajstić information content (AvgIpc) is 3.11. The van der Waals surface area contributed by atoms with Gasteiger partial charge < -0.3 is 15.3 Å². The molecule has 0 bridgehead atoms. The second kappa shape index (κ2) is 4.20. The minimum Gasteiger partial charge on any atom is -0.480 e. The van der Waals surface area contributed by atoms with Crippen molar-refractivity contribution in [2.75, 3.05) is 6.54 Å². The molecule has 2 amide bonds. The van der Waals surface area contributed by atoms with Gasteiger partial charge in [-0.3, -0.25) is 0 Å². The maximum absolute atomic E-state index is 12.1. The number of urea groups is 1. The van der Waals surface area contributed by atoms with Gasteiger partial charge in [0.25, 0.3) is 0 Å². The van der Waals surface area contributed by atoms with Crippen LogP contribution in [0.2, 0.25) is 0 Å². The third-order valence-electron chi connectivity index (χ3n) is 3.79. The van der Waals surface area contributed by atoms with Gasteiger partial charge in [0.15, 0.2) is 0 Å². The van der Waals surface area contributed by atoms with Gasteiger partial charge in [-0.1, -0.05) is 0 Å². The van der Waals surface area contributed by atoms with Crippen LogP contribution in [0.3, 0.4) is 0 Å². The van der Waals surface area contributed by atoms with Crippen LogP contribution in [0.4, 0.5) is 4.79 Å². The molecule has 1 atom stereocenters. The van der Waals surface area contributed by atoms with Crippen LogP contribution in [-0.4, -0.2) is 40.1 Å². The fourth-order valence-electron chi connectivity index (χ4n) is 2.24. The first-order valence-corrected chi connectivity index (χ1v) is 6.31. The molecule has 0 aromatic rings. The number of carboxylic acid groups (broad SMARTS) is 1. The van der Waals surface area contributed by atoms with Crippen LogP contribution >= 0.6 is 0 Å². The SMILES string of the molecule is CCN(C(=O)NC(C)(C(=O)O)C1CC1)C1CC1. The number of nitrogens with zero attached hydrogens (tertiary/aromatic N) is 1. The Morgan fingerprint density at radius 3 is 2.29 bits per heavy atom. The quantitative estimate of drug-likeness (QED) is 0.763. The van der Waals surface area contributed by atoms with Crippen LogP contribution in [0.15, 0.2) is 0 Å². The van der Waals surface area contributed by atoms with E-state index in [4.69, 9.17) is 0 Å². The molecule has 0 aromatic carbocycles. The van der Waals surface area contributed by atoms with Crippen LogP contribution < -0.4 is 5.32 Å². The fourth-order valence-corrected chi connectivity index (χ4v) is 2.24.